The van der Waals surface area contributed by atoms with Crippen LogP contribution in [0.25, 0.3) is 6.08 Å². The summed E-state index contributed by atoms with van der Waals surface area (Å²) in [6, 6.07) is 0. The van der Waals surface area contributed by atoms with Gasteiger partial charge in [-0.05, 0) is 25.5 Å². The Labute approximate surface area is 98.3 Å². The number of aromatic nitrogens is 1. The van der Waals surface area contributed by atoms with Gasteiger partial charge in [0.25, 0.3) is 0 Å². The van der Waals surface area contributed by atoms with E-state index in [9.17, 15) is 9.90 Å². The minimum Gasteiger partial charge on any atom is -0.389 e. The lowest BCUT2D eigenvalue weighted by molar-refractivity contribution is -0.118. The monoisotopic (exact) mass is 241 g/mol. The van der Waals surface area contributed by atoms with Crippen LogP contribution in [0.1, 0.15) is 31.0 Å². The van der Waals surface area contributed by atoms with Gasteiger partial charge in [0.1, 0.15) is 10.8 Å². The molecular formula is C11H15NO3S. The van der Waals surface area contributed by atoms with E-state index in [1.54, 1.807) is 18.4 Å². The van der Waals surface area contributed by atoms with Gasteiger partial charge in [-0.2, -0.15) is 0 Å². The van der Waals surface area contributed by atoms with E-state index in [-0.39, 0.29) is 18.8 Å². The Bertz CT molecular complexity index is 398. The number of carbonyl (C=O) groups excluding carboxylic acids is 1. The number of Topliss-reactive ketones (excluding diaryl/α,β-unsaturated/α-hetero) is 1. The van der Waals surface area contributed by atoms with Crippen molar-refractivity contribution in [2.75, 3.05) is 0 Å². The fourth-order valence-electron chi connectivity index (χ4n) is 1.23. The van der Waals surface area contributed by atoms with Crippen molar-refractivity contribution in [2.45, 2.75) is 33.0 Å². The summed E-state index contributed by atoms with van der Waals surface area (Å²) < 4.78 is 0. The Hall–Kier alpha value is -1.04. The predicted octanol–water partition coefficient (Wildman–Crippen LogP) is 1.38. The summed E-state index contributed by atoms with van der Waals surface area (Å²) in [6.45, 7) is 3.13. The predicted molar refractivity (Wildman–Crippen MR) is 63.0 cm³/mol. The Kier molecular flexibility index (Phi) is 4.79. The fraction of sp³-hybridized carbons (Fsp3) is 0.455. The maximum absolute atomic E-state index is 10.8. The van der Waals surface area contributed by atoms with Crippen molar-refractivity contribution >= 4 is 23.2 Å². The molecule has 0 aliphatic rings. The number of rotatable bonds is 5. The largest absolute Gasteiger partial charge is 0.389 e. The first-order valence-electron chi connectivity index (χ1n) is 4.94. The molecule has 0 saturated heterocycles. The van der Waals surface area contributed by atoms with E-state index in [2.05, 4.69) is 4.98 Å². The molecule has 0 amide bonds. The lowest BCUT2D eigenvalue weighted by atomic mass is 10.1. The van der Waals surface area contributed by atoms with Gasteiger partial charge in [-0.25, -0.2) is 4.98 Å². The zero-order valence-electron chi connectivity index (χ0n) is 9.30. The average Bonchev–Trinajstić information content (AvgIpc) is 2.64. The summed E-state index contributed by atoms with van der Waals surface area (Å²) in [6.07, 6.45) is 1.10. The van der Waals surface area contributed by atoms with E-state index >= 15 is 0 Å². The van der Waals surface area contributed by atoms with Crippen molar-refractivity contribution in [1.82, 2.24) is 4.98 Å². The van der Waals surface area contributed by atoms with E-state index in [1.807, 2.05) is 0 Å². The number of hydrogen-bond acceptors (Lipinski definition) is 5. The van der Waals surface area contributed by atoms with E-state index in [0.29, 0.717) is 16.3 Å². The number of nitrogens with zero attached hydrogens (tertiary/aromatic N) is 1. The third-order valence-corrected chi connectivity index (χ3v) is 2.94. The van der Waals surface area contributed by atoms with Crippen molar-refractivity contribution < 1.29 is 15.0 Å². The molecule has 0 spiro atoms. The van der Waals surface area contributed by atoms with Gasteiger partial charge in [-0.15, -0.1) is 11.3 Å². The molecule has 0 aromatic carbocycles. The highest BCUT2D eigenvalue weighted by atomic mass is 32.1. The van der Waals surface area contributed by atoms with Crippen molar-refractivity contribution in [2.24, 2.45) is 0 Å². The first-order valence-corrected chi connectivity index (χ1v) is 5.82. The third kappa shape index (κ3) is 3.84. The molecule has 1 rings (SSSR count). The number of thiazole rings is 1. The minimum absolute atomic E-state index is 0.0467. The second-order valence-electron chi connectivity index (χ2n) is 3.63. The van der Waals surface area contributed by atoms with Crippen LogP contribution in [0.5, 0.6) is 0 Å². The van der Waals surface area contributed by atoms with Gasteiger partial charge in [0.2, 0.25) is 0 Å². The summed E-state index contributed by atoms with van der Waals surface area (Å²) in [5.74, 6) is -0.0467. The lowest BCUT2D eigenvalue weighted by Crippen LogP contribution is -2.12. The zero-order valence-corrected chi connectivity index (χ0v) is 10.1. The molecular weight excluding hydrogens is 226 g/mol. The second kappa shape index (κ2) is 5.89. The Morgan fingerprint density at radius 3 is 2.81 bits per heavy atom. The van der Waals surface area contributed by atoms with E-state index in [4.69, 9.17) is 5.11 Å². The quantitative estimate of drug-likeness (QED) is 0.817. The molecule has 0 unspecified atom stereocenters. The summed E-state index contributed by atoms with van der Waals surface area (Å²) in [5, 5.41) is 20.9. The summed E-state index contributed by atoms with van der Waals surface area (Å²) >= 11 is 1.36. The smallest absolute Gasteiger partial charge is 0.132 e. The molecule has 1 aromatic rings. The Morgan fingerprint density at radius 1 is 1.62 bits per heavy atom. The highest BCUT2D eigenvalue weighted by molar-refractivity contribution is 7.09. The molecule has 0 aliphatic carbocycles. The van der Waals surface area contributed by atoms with Gasteiger partial charge >= 0.3 is 0 Å². The van der Waals surface area contributed by atoms with Crippen molar-refractivity contribution in [3.05, 3.63) is 21.7 Å². The number of aliphatic hydroxyl groups is 2. The van der Waals surface area contributed by atoms with Crippen LogP contribution >= 0.6 is 11.3 Å². The van der Waals surface area contributed by atoms with Crippen molar-refractivity contribution in [3.8, 4) is 0 Å². The number of aliphatic hydroxyl groups excluding tert-OH is 2. The third-order valence-electron chi connectivity index (χ3n) is 2.09. The molecule has 1 atom stereocenters. The Balaban J connectivity index is 2.71. The maximum atomic E-state index is 10.8. The molecule has 0 fully saturated rings. The van der Waals surface area contributed by atoms with Crippen LogP contribution < -0.4 is 0 Å². The van der Waals surface area contributed by atoms with Gasteiger partial charge in [0, 0.05) is 11.8 Å². The van der Waals surface area contributed by atoms with Crippen LogP contribution in [0.2, 0.25) is 0 Å². The molecule has 0 saturated carbocycles. The van der Waals surface area contributed by atoms with Crippen LogP contribution in [0.3, 0.4) is 0 Å². The molecule has 16 heavy (non-hydrogen) atoms. The van der Waals surface area contributed by atoms with Gasteiger partial charge in [0.05, 0.1) is 18.4 Å². The zero-order chi connectivity index (χ0) is 12.1. The van der Waals surface area contributed by atoms with Crippen LogP contribution in [-0.4, -0.2) is 27.1 Å². The lowest BCUT2D eigenvalue weighted by Gasteiger charge is -2.08. The molecule has 0 bridgehead atoms. The Morgan fingerprint density at radius 2 is 2.31 bits per heavy atom. The van der Waals surface area contributed by atoms with Crippen LogP contribution in [-0.2, 0) is 11.4 Å². The normalized spacial score (nSPS) is 13.9. The molecule has 88 valence electrons. The highest BCUT2D eigenvalue weighted by Crippen LogP contribution is 2.15. The summed E-state index contributed by atoms with van der Waals surface area (Å²) in [4.78, 5) is 15.0. The molecule has 1 heterocycles. The average molecular weight is 241 g/mol. The minimum atomic E-state index is -0.753. The van der Waals surface area contributed by atoms with E-state index in [0.717, 1.165) is 0 Å². The first-order chi connectivity index (χ1) is 7.52. The van der Waals surface area contributed by atoms with Gasteiger partial charge < -0.3 is 10.2 Å². The van der Waals surface area contributed by atoms with E-state index < -0.39 is 6.10 Å². The second-order valence-corrected chi connectivity index (χ2v) is 4.58. The molecule has 5 heteroatoms. The van der Waals surface area contributed by atoms with Crippen LogP contribution in [0.4, 0.5) is 0 Å². The van der Waals surface area contributed by atoms with Gasteiger partial charge in [0.15, 0.2) is 0 Å². The summed E-state index contributed by atoms with van der Waals surface area (Å²) in [5.41, 5.74) is 1.40. The van der Waals surface area contributed by atoms with Gasteiger partial charge in [-0.3, -0.25) is 4.79 Å². The molecule has 4 nitrogen and oxygen atoms in total. The number of carbonyl (C=O) groups is 1. The fourth-order valence-corrected chi connectivity index (χ4v) is 1.84. The molecule has 2 N–H and O–H groups in total. The number of ketones is 1. The summed E-state index contributed by atoms with van der Waals surface area (Å²) in [7, 11) is 0. The van der Waals surface area contributed by atoms with Crippen LogP contribution in [0.15, 0.2) is 11.0 Å². The van der Waals surface area contributed by atoms with Crippen LogP contribution in [0, 0.1) is 0 Å². The molecule has 0 aliphatic heterocycles. The standard InChI is InChI=1S/C11H15NO3S/c1-7(10(15)4-8(2)14)3-9-6-16-11(5-13)12-9/h3,6,10,13,15H,4-5H2,1-2H3/b7-3+/t10-/m1/s1. The topological polar surface area (TPSA) is 70.4 Å². The SMILES string of the molecule is CC(=O)C[C@@H](O)/C(C)=C/c1csc(CO)n1. The van der Waals surface area contributed by atoms with E-state index in [1.165, 1.54) is 18.3 Å². The van der Waals surface area contributed by atoms with Crippen molar-refractivity contribution in [1.29, 1.82) is 0 Å². The van der Waals surface area contributed by atoms with Crippen molar-refractivity contribution in [3.63, 3.8) is 0 Å². The molecule has 1 aromatic heterocycles. The maximum Gasteiger partial charge on any atom is 0.132 e. The molecule has 0 radical (unpaired) electrons. The number of hydrogen-bond donors (Lipinski definition) is 2. The van der Waals surface area contributed by atoms with Gasteiger partial charge in [-0.1, -0.05) is 0 Å². The first kappa shape index (κ1) is 13.0. The highest BCUT2D eigenvalue weighted by Gasteiger charge is 2.09.